The van der Waals surface area contributed by atoms with Gasteiger partial charge in [0.05, 0.1) is 56.1 Å². The van der Waals surface area contributed by atoms with Gasteiger partial charge in [0.15, 0.2) is 0 Å². The van der Waals surface area contributed by atoms with E-state index >= 15 is 0 Å². The predicted octanol–water partition coefficient (Wildman–Crippen LogP) is 5.19. The lowest BCUT2D eigenvalue weighted by molar-refractivity contribution is 0.0687. The molecule has 0 aliphatic carbocycles. The molecule has 7 rings (SSSR count). The maximum absolute atomic E-state index is 13.4. The second kappa shape index (κ2) is 12.6. The van der Waals surface area contributed by atoms with E-state index in [0.29, 0.717) is 0 Å². The van der Waals surface area contributed by atoms with Crippen LogP contribution in [0.2, 0.25) is 0 Å². The number of amides is 6. The molecular formula is C38H22N4O10. The molecule has 2 heterocycles. The standard InChI is InChI=1S/C38H22N4O10/c43-31(39-29-7-3-1-5-25(29)37(49)50)19-9-15-23-27(17-19)35(47)41(33(23)45)21-11-13-22(14-12-21)42-34(46)24-16-10-20(18-28(24)36(42)48)32(44)40-30-8-4-2-6-26(30)38(51)52/h1-18H,(H,39,43)(H,40,44)(H,49,50)(H,51,52). The summed E-state index contributed by atoms with van der Waals surface area (Å²) in [6.45, 7) is 0. The van der Waals surface area contributed by atoms with E-state index in [0.717, 1.165) is 9.80 Å². The molecule has 5 aromatic carbocycles. The Morgan fingerprint density at radius 3 is 1.15 bits per heavy atom. The number of nitrogens with zero attached hydrogens (tertiary/aromatic N) is 2. The Kier molecular flexibility index (Phi) is 7.95. The van der Waals surface area contributed by atoms with Crippen LogP contribution in [0.15, 0.2) is 109 Å². The number of carboxylic acid groups (broad SMARTS) is 2. The first-order valence-corrected chi connectivity index (χ1v) is 15.4. The number of benzene rings is 5. The average Bonchev–Trinajstić information content (AvgIpc) is 3.54. The molecule has 0 atom stereocenters. The number of imide groups is 2. The van der Waals surface area contributed by atoms with Crippen LogP contribution in [0.3, 0.4) is 0 Å². The molecule has 2 aliphatic rings. The van der Waals surface area contributed by atoms with Crippen molar-refractivity contribution in [2.45, 2.75) is 0 Å². The number of fused-ring (bicyclic) bond motifs is 2. The van der Waals surface area contributed by atoms with Gasteiger partial charge in [0.25, 0.3) is 35.4 Å². The van der Waals surface area contributed by atoms with E-state index in [4.69, 9.17) is 0 Å². The van der Waals surface area contributed by atoms with Gasteiger partial charge in [0.2, 0.25) is 0 Å². The van der Waals surface area contributed by atoms with Crippen molar-refractivity contribution < 1.29 is 48.6 Å². The largest absolute Gasteiger partial charge is 0.478 e. The van der Waals surface area contributed by atoms with Gasteiger partial charge in [-0.05, 0) is 84.9 Å². The van der Waals surface area contributed by atoms with Crippen LogP contribution < -0.4 is 20.4 Å². The van der Waals surface area contributed by atoms with Crippen molar-refractivity contribution in [2.24, 2.45) is 0 Å². The van der Waals surface area contributed by atoms with E-state index in [1.807, 2.05) is 0 Å². The summed E-state index contributed by atoms with van der Waals surface area (Å²) in [5.41, 5.74) is 0.0384. The van der Waals surface area contributed by atoms with Crippen molar-refractivity contribution in [2.75, 3.05) is 20.4 Å². The highest BCUT2D eigenvalue weighted by molar-refractivity contribution is 6.36. The fraction of sp³-hybridized carbons (Fsp3) is 0. The van der Waals surface area contributed by atoms with Crippen LogP contribution >= 0.6 is 0 Å². The summed E-state index contributed by atoms with van der Waals surface area (Å²) in [6, 6.07) is 24.9. The van der Waals surface area contributed by atoms with Gasteiger partial charge in [-0.25, -0.2) is 19.4 Å². The van der Waals surface area contributed by atoms with Crippen LogP contribution in [0, 0.1) is 0 Å². The van der Waals surface area contributed by atoms with E-state index in [-0.39, 0.29) is 67.3 Å². The molecule has 52 heavy (non-hydrogen) atoms. The van der Waals surface area contributed by atoms with Crippen molar-refractivity contribution in [3.63, 3.8) is 0 Å². The van der Waals surface area contributed by atoms with E-state index in [9.17, 15) is 48.6 Å². The van der Waals surface area contributed by atoms with Crippen LogP contribution in [0.5, 0.6) is 0 Å². The molecule has 0 saturated heterocycles. The van der Waals surface area contributed by atoms with E-state index in [1.54, 1.807) is 12.1 Å². The summed E-state index contributed by atoms with van der Waals surface area (Å²) in [4.78, 5) is 104. The highest BCUT2D eigenvalue weighted by atomic mass is 16.4. The van der Waals surface area contributed by atoms with Gasteiger partial charge in [-0.1, -0.05) is 24.3 Å². The molecule has 0 fully saturated rings. The molecule has 4 N–H and O–H groups in total. The number of carbonyl (C=O) groups is 8. The number of aromatic carboxylic acids is 2. The van der Waals surface area contributed by atoms with Crippen LogP contribution in [-0.4, -0.2) is 57.6 Å². The SMILES string of the molecule is O=C(Nc1ccccc1C(=O)O)c1ccc2c(c1)C(=O)N(c1ccc(N3C(=O)c4ccc(C(=O)Nc5ccccc5C(=O)O)cc4C3=O)cc1)C2=O. The smallest absolute Gasteiger partial charge is 0.337 e. The van der Waals surface area contributed by atoms with Gasteiger partial charge in [-0.15, -0.1) is 0 Å². The van der Waals surface area contributed by atoms with Crippen molar-refractivity contribution in [1.29, 1.82) is 0 Å². The summed E-state index contributed by atoms with van der Waals surface area (Å²) in [5, 5.41) is 23.8. The molecular weight excluding hydrogens is 672 g/mol. The third kappa shape index (κ3) is 5.51. The Bertz CT molecular complexity index is 2280. The number of hydrogen-bond donors (Lipinski definition) is 4. The molecule has 0 unspecified atom stereocenters. The number of carboxylic acids is 2. The van der Waals surface area contributed by atoms with E-state index < -0.39 is 47.4 Å². The molecule has 254 valence electrons. The first-order valence-electron chi connectivity index (χ1n) is 15.4. The quantitative estimate of drug-likeness (QED) is 0.156. The summed E-state index contributed by atoms with van der Waals surface area (Å²) >= 11 is 0. The Hall–Kier alpha value is -7.74. The van der Waals surface area contributed by atoms with Crippen molar-refractivity contribution >= 4 is 70.1 Å². The number of carbonyl (C=O) groups excluding carboxylic acids is 6. The Balaban J connectivity index is 1.08. The fourth-order valence-corrected chi connectivity index (χ4v) is 5.93. The highest BCUT2D eigenvalue weighted by Gasteiger charge is 2.39. The Labute approximate surface area is 292 Å². The second-order valence-corrected chi connectivity index (χ2v) is 11.5. The molecule has 6 amide bonds. The Morgan fingerprint density at radius 1 is 0.442 bits per heavy atom. The monoisotopic (exact) mass is 694 g/mol. The topological polar surface area (TPSA) is 208 Å². The summed E-state index contributed by atoms with van der Waals surface area (Å²) in [5.74, 6) is -6.69. The Morgan fingerprint density at radius 2 is 0.788 bits per heavy atom. The van der Waals surface area contributed by atoms with Crippen LogP contribution in [0.25, 0.3) is 0 Å². The zero-order chi connectivity index (χ0) is 36.8. The summed E-state index contributed by atoms with van der Waals surface area (Å²) in [7, 11) is 0. The lowest BCUT2D eigenvalue weighted by atomic mass is 10.0. The van der Waals surface area contributed by atoms with Gasteiger partial charge < -0.3 is 20.8 Å². The maximum atomic E-state index is 13.4. The van der Waals surface area contributed by atoms with Crippen LogP contribution in [-0.2, 0) is 0 Å². The fourth-order valence-electron chi connectivity index (χ4n) is 5.93. The minimum Gasteiger partial charge on any atom is -0.478 e. The molecule has 0 bridgehead atoms. The minimum absolute atomic E-state index is 0.00799. The summed E-state index contributed by atoms with van der Waals surface area (Å²) in [6.07, 6.45) is 0. The zero-order valence-electron chi connectivity index (χ0n) is 26.4. The molecule has 5 aromatic rings. The second-order valence-electron chi connectivity index (χ2n) is 11.5. The molecule has 2 aliphatic heterocycles. The number of nitrogens with one attached hydrogen (secondary N) is 2. The summed E-state index contributed by atoms with van der Waals surface area (Å²) < 4.78 is 0. The lowest BCUT2D eigenvalue weighted by Gasteiger charge is -2.17. The number of para-hydroxylation sites is 2. The number of rotatable bonds is 8. The van der Waals surface area contributed by atoms with E-state index in [1.165, 1.54) is 97.1 Å². The van der Waals surface area contributed by atoms with Gasteiger partial charge in [0.1, 0.15) is 0 Å². The van der Waals surface area contributed by atoms with Crippen molar-refractivity contribution in [1.82, 2.24) is 0 Å². The molecule has 0 aromatic heterocycles. The molecule has 0 saturated carbocycles. The van der Waals surface area contributed by atoms with Crippen molar-refractivity contribution in [3.05, 3.63) is 154 Å². The molecule has 0 radical (unpaired) electrons. The van der Waals surface area contributed by atoms with Gasteiger partial charge in [0, 0.05) is 11.1 Å². The van der Waals surface area contributed by atoms with Crippen molar-refractivity contribution in [3.8, 4) is 0 Å². The lowest BCUT2D eigenvalue weighted by Crippen LogP contribution is -2.30. The van der Waals surface area contributed by atoms with Crippen LogP contribution in [0.4, 0.5) is 22.7 Å². The average molecular weight is 695 g/mol. The zero-order valence-corrected chi connectivity index (χ0v) is 26.4. The first kappa shape index (κ1) is 32.8. The molecule has 14 nitrogen and oxygen atoms in total. The first-order chi connectivity index (χ1) is 24.9. The minimum atomic E-state index is -1.24. The number of anilines is 4. The third-order valence-electron chi connectivity index (χ3n) is 8.47. The molecule has 14 heteroatoms. The molecule has 0 spiro atoms. The van der Waals surface area contributed by atoms with Crippen LogP contribution in [0.1, 0.15) is 82.9 Å². The normalized spacial score (nSPS) is 13.2. The number of hydrogen-bond acceptors (Lipinski definition) is 8. The third-order valence-corrected chi connectivity index (χ3v) is 8.47. The van der Waals surface area contributed by atoms with Gasteiger partial charge in [-0.2, -0.15) is 0 Å². The van der Waals surface area contributed by atoms with E-state index in [2.05, 4.69) is 10.6 Å². The predicted molar refractivity (Wildman–Crippen MR) is 184 cm³/mol. The van der Waals surface area contributed by atoms with Gasteiger partial charge >= 0.3 is 11.9 Å². The maximum Gasteiger partial charge on any atom is 0.337 e. The van der Waals surface area contributed by atoms with Gasteiger partial charge in [-0.3, -0.25) is 28.8 Å². The highest BCUT2D eigenvalue weighted by Crippen LogP contribution is 2.34.